The first-order chi connectivity index (χ1) is 14.9. The molecule has 31 heavy (non-hydrogen) atoms. The van der Waals surface area contributed by atoms with Gasteiger partial charge in [0.2, 0.25) is 0 Å². The van der Waals surface area contributed by atoms with Gasteiger partial charge in [0.25, 0.3) is 5.91 Å². The topological polar surface area (TPSA) is 89.1 Å². The van der Waals surface area contributed by atoms with Crippen LogP contribution in [0.4, 0.5) is 10.5 Å². The van der Waals surface area contributed by atoms with E-state index in [0.717, 1.165) is 42.6 Å². The number of aliphatic imine (C=N–C) groups is 1. The third-order valence-electron chi connectivity index (χ3n) is 6.08. The number of guanidine groups is 1. The number of nitrogens with one attached hydrogen (secondary N) is 3. The minimum absolute atomic E-state index is 0.149. The first-order valence-corrected chi connectivity index (χ1v) is 11.4. The van der Waals surface area contributed by atoms with Gasteiger partial charge in [-0.3, -0.25) is 14.7 Å². The van der Waals surface area contributed by atoms with Crippen LogP contribution in [0, 0.1) is 0 Å². The number of carbonyl (C=O) groups excluding carboxylic acids is 2. The van der Waals surface area contributed by atoms with E-state index in [1.165, 1.54) is 4.90 Å². The molecule has 0 aliphatic carbocycles. The monoisotopic (exact) mass is 448 g/mol. The molecule has 0 radical (unpaired) electrons. The van der Waals surface area contributed by atoms with Gasteiger partial charge in [0.15, 0.2) is 5.96 Å². The van der Waals surface area contributed by atoms with Crippen molar-refractivity contribution in [2.45, 2.75) is 51.1 Å². The normalized spacial score (nSPS) is 24.4. The molecule has 0 aromatic heterocycles. The number of nitrogens with zero attached hydrogens (tertiary/aromatic N) is 3. The fraction of sp³-hybridized carbons (Fsp3) is 0.591. The predicted molar refractivity (Wildman–Crippen MR) is 125 cm³/mol. The summed E-state index contributed by atoms with van der Waals surface area (Å²) in [4.78, 5) is 32.5. The van der Waals surface area contributed by atoms with Gasteiger partial charge in [0.05, 0.1) is 10.7 Å². The summed E-state index contributed by atoms with van der Waals surface area (Å²) >= 11 is 6.37. The Labute approximate surface area is 189 Å². The minimum atomic E-state index is -0.781. The predicted octanol–water partition coefficient (Wildman–Crippen LogP) is 2.58. The second kappa shape index (κ2) is 10.2. The van der Waals surface area contributed by atoms with Crippen molar-refractivity contribution in [2.75, 3.05) is 38.1 Å². The summed E-state index contributed by atoms with van der Waals surface area (Å²) < 4.78 is 0. The minimum Gasteiger partial charge on any atom is -0.368 e. The molecular weight excluding hydrogens is 416 g/mol. The van der Waals surface area contributed by atoms with Gasteiger partial charge < -0.3 is 20.9 Å². The molecule has 2 heterocycles. The van der Waals surface area contributed by atoms with E-state index in [0.29, 0.717) is 25.9 Å². The number of anilines is 1. The SMILES string of the molecule is CCC1(C)NC(=O)N(CCCNC(=NC)NC2CCCN(c3ccccc3Cl)C2)C1=O. The number of carbonyl (C=O) groups is 2. The van der Waals surface area contributed by atoms with E-state index in [-0.39, 0.29) is 18.0 Å². The third kappa shape index (κ3) is 5.42. The van der Waals surface area contributed by atoms with E-state index in [1.54, 1.807) is 14.0 Å². The molecule has 2 unspecified atom stereocenters. The van der Waals surface area contributed by atoms with E-state index in [2.05, 4.69) is 31.9 Å². The molecule has 3 amide bonds. The van der Waals surface area contributed by atoms with Crippen molar-refractivity contribution >= 4 is 35.2 Å². The maximum absolute atomic E-state index is 12.5. The Bertz CT molecular complexity index is 832. The number of imide groups is 1. The number of para-hydroxylation sites is 1. The highest BCUT2D eigenvalue weighted by molar-refractivity contribution is 6.33. The lowest BCUT2D eigenvalue weighted by Crippen LogP contribution is -2.51. The number of piperidine rings is 1. The summed E-state index contributed by atoms with van der Waals surface area (Å²) in [5.74, 6) is 0.575. The molecule has 3 rings (SSSR count). The van der Waals surface area contributed by atoms with Gasteiger partial charge >= 0.3 is 6.03 Å². The maximum Gasteiger partial charge on any atom is 0.325 e. The zero-order valence-electron chi connectivity index (χ0n) is 18.6. The molecule has 2 aliphatic heterocycles. The lowest BCUT2D eigenvalue weighted by atomic mass is 9.99. The van der Waals surface area contributed by atoms with Crippen LogP contribution in [0.2, 0.25) is 5.02 Å². The number of urea groups is 1. The molecule has 2 aliphatic rings. The van der Waals surface area contributed by atoms with Crippen molar-refractivity contribution in [2.24, 2.45) is 4.99 Å². The lowest BCUT2D eigenvalue weighted by Gasteiger charge is -2.35. The second-order valence-corrected chi connectivity index (χ2v) is 8.71. The fourth-order valence-corrected chi connectivity index (χ4v) is 4.30. The van der Waals surface area contributed by atoms with Crippen molar-refractivity contribution in [1.29, 1.82) is 0 Å². The highest BCUT2D eigenvalue weighted by Crippen LogP contribution is 2.27. The molecule has 0 bridgehead atoms. The van der Waals surface area contributed by atoms with E-state index in [4.69, 9.17) is 11.6 Å². The number of hydrogen-bond donors (Lipinski definition) is 3. The van der Waals surface area contributed by atoms with Gasteiger partial charge in [0, 0.05) is 39.3 Å². The van der Waals surface area contributed by atoms with Gasteiger partial charge in [-0.1, -0.05) is 30.7 Å². The van der Waals surface area contributed by atoms with Crippen LogP contribution >= 0.6 is 11.6 Å². The third-order valence-corrected chi connectivity index (χ3v) is 6.40. The molecule has 1 aromatic carbocycles. The molecule has 2 atom stereocenters. The lowest BCUT2D eigenvalue weighted by molar-refractivity contribution is -0.130. The van der Waals surface area contributed by atoms with Gasteiger partial charge in [-0.25, -0.2) is 4.79 Å². The van der Waals surface area contributed by atoms with Crippen LogP contribution in [0.5, 0.6) is 0 Å². The Kier molecular flexibility index (Phi) is 7.64. The van der Waals surface area contributed by atoms with Crippen LogP contribution in [0.1, 0.15) is 39.5 Å². The van der Waals surface area contributed by atoms with Crippen molar-refractivity contribution < 1.29 is 9.59 Å². The number of halogens is 1. The smallest absolute Gasteiger partial charge is 0.325 e. The average Bonchev–Trinajstić information content (AvgIpc) is 2.99. The van der Waals surface area contributed by atoms with Crippen molar-refractivity contribution in [1.82, 2.24) is 20.9 Å². The van der Waals surface area contributed by atoms with Crippen LogP contribution in [-0.4, -0.2) is 67.6 Å². The number of hydrogen-bond acceptors (Lipinski definition) is 4. The zero-order valence-corrected chi connectivity index (χ0v) is 19.3. The molecule has 1 aromatic rings. The largest absolute Gasteiger partial charge is 0.368 e. The van der Waals surface area contributed by atoms with Crippen molar-refractivity contribution in [3.63, 3.8) is 0 Å². The van der Waals surface area contributed by atoms with E-state index < -0.39 is 5.54 Å². The first kappa shape index (κ1) is 23.2. The summed E-state index contributed by atoms with van der Waals surface area (Å²) in [6, 6.07) is 7.87. The van der Waals surface area contributed by atoms with Crippen LogP contribution in [0.15, 0.2) is 29.3 Å². The number of amides is 3. The van der Waals surface area contributed by atoms with Crippen molar-refractivity contribution in [3.8, 4) is 0 Å². The number of rotatable bonds is 7. The Hall–Kier alpha value is -2.48. The van der Waals surface area contributed by atoms with Crippen LogP contribution in [0.25, 0.3) is 0 Å². The Morgan fingerprint density at radius 3 is 2.81 bits per heavy atom. The molecule has 8 nitrogen and oxygen atoms in total. The van der Waals surface area contributed by atoms with E-state index in [1.807, 2.05) is 25.1 Å². The molecule has 9 heteroatoms. The fourth-order valence-electron chi connectivity index (χ4n) is 4.04. The molecule has 2 saturated heterocycles. The highest BCUT2D eigenvalue weighted by Gasteiger charge is 2.45. The molecule has 2 fully saturated rings. The van der Waals surface area contributed by atoms with Crippen LogP contribution in [-0.2, 0) is 4.79 Å². The average molecular weight is 449 g/mol. The van der Waals surface area contributed by atoms with Gasteiger partial charge in [0.1, 0.15) is 5.54 Å². The highest BCUT2D eigenvalue weighted by atomic mass is 35.5. The molecule has 0 saturated carbocycles. The van der Waals surface area contributed by atoms with Gasteiger partial charge in [-0.15, -0.1) is 0 Å². The Morgan fingerprint density at radius 2 is 2.13 bits per heavy atom. The summed E-state index contributed by atoms with van der Waals surface area (Å²) in [6.45, 7) is 6.50. The summed E-state index contributed by atoms with van der Waals surface area (Å²) in [6.07, 6.45) is 3.35. The Balaban J connectivity index is 1.45. The van der Waals surface area contributed by atoms with Crippen LogP contribution in [0.3, 0.4) is 0 Å². The van der Waals surface area contributed by atoms with Crippen molar-refractivity contribution in [3.05, 3.63) is 29.3 Å². The first-order valence-electron chi connectivity index (χ1n) is 11.0. The molecule has 0 spiro atoms. The van der Waals surface area contributed by atoms with Gasteiger partial charge in [-0.05, 0) is 44.7 Å². The standard InChI is InChI=1S/C22H33ClN6O2/c1-4-22(2)19(30)29(21(31)27-22)14-8-12-25-20(24-3)26-16-9-7-13-28(15-16)18-11-6-5-10-17(18)23/h5-6,10-11,16H,4,7-9,12-15H2,1-3H3,(H,27,31)(H2,24,25,26). The maximum atomic E-state index is 12.5. The van der Waals surface area contributed by atoms with E-state index in [9.17, 15) is 9.59 Å². The molecular formula is C22H33ClN6O2. The van der Waals surface area contributed by atoms with Gasteiger partial charge in [-0.2, -0.15) is 0 Å². The summed E-state index contributed by atoms with van der Waals surface area (Å²) in [5.41, 5.74) is 0.280. The summed E-state index contributed by atoms with van der Waals surface area (Å²) in [7, 11) is 1.74. The Morgan fingerprint density at radius 1 is 1.35 bits per heavy atom. The second-order valence-electron chi connectivity index (χ2n) is 8.31. The quantitative estimate of drug-likeness (QED) is 0.258. The molecule has 170 valence electrons. The molecule has 3 N–H and O–H groups in total. The summed E-state index contributed by atoms with van der Waals surface area (Å²) in [5, 5.41) is 10.3. The van der Waals surface area contributed by atoms with E-state index >= 15 is 0 Å². The number of benzene rings is 1. The van der Waals surface area contributed by atoms with Crippen LogP contribution < -0.4 is 20.9 Å². The zero-order chi connectivity index (χ0) is 22.4.